The number of hydrogen-bond acceptors (Lipinski definition) is 5. The van der Waals surface area contributed by atoms with Gasteiger partial charge in [-0.25, -0.2) is 0 Å². The Kier molecular flexibility index (Phi) is 5.38. The van der Waals surface area contributed by atoms with Crippen molar-refractivity contribution in [3.8, 4) is 10.7 Å². The van der Waals surface area contributed by atoms with E-state index in [-0.39, 0.29) is 5.91 Å². The zero-order valence-corrected chi connectivity index (χ0v) is 14.3. The third-order valence-corrected chi connectivity index (χ3v) is 4.58. The lowest BCUT2D eigenvalue weighted by Gasteiger charge is -2.20. The van der Waals surface area contributed by atoms with Gasteiger partial charge in [0.2, 0.25) is 17.6 Å². The average molecular weight is 341 g/mol. The van der Waals surface area contributed by atoms with Crippen molar-refractivity contribution in [3.05, 3.63) is 59.3 Å². The van der Waals surface area contributed by atoms with Crippen LogP contribution in [-0.4, -0.2) is 27.5 Å². The monoisotopic (exact) mass is 341 g/mol. The van der Waals surface area contributed by atoms with Gasteiger partial charge in [-0.1, -0.05) is 41.6 Å². The maximum atomic E-state index is 12.4. The Bertz CT molecular complexity index is 769. The molecule has 0 unspecified atom stereocenters. The fraction of sp³-hybridized carbons (Fsp3) is 0.278. The van der Waals surface area contributed by atoms with Gasteiger partial charge in [0.1, 0.15) is 0 Å². The molecule has 0 saturated heterocycles. The first-order chi connectivity index (χ1) is 11.8. The van der Waals surface area contributed by atoms with E-state index in [1.54, 1.807) is 11.3 Å². The fourth-order valence-electron chi connectivity index (χ4n) is 2.41. The van der Waals surface area contributed by atoms with Crippen LogP contribution in [0.25, 0.3) is 10.7 Å². The summed E-state index contributed by atoms with van der Waals surface area (Å²) in [6.07, 6.45) is 0.829. The van der Waals surface area contributed by atoms with Gasteiger partial charge in [0.05, 0.1) is 4.88 Å². The van der Waals surface area contributed by atoms with Crippen LogP contribution in [0.5, 0.6) is 0 Å². The highest BCUT2D eigenvalue weighted by atomic mass is 32.1. The van der Waals surface area contributed by atoms with E-state index in [4.69, 9.17) is 4.52 Å². The summed E-state index contributed by atoms with van der Waals surface area (Å²) >= 11 is 1.56. The number of thiophene rings is 1. The predicted molar refractivity (Wildman–Crippen MR) is 93.5 cm³/mol. The topological polar surface area (TPSA) is 59.2 Å². The molecule has 1 aromatic carbocycles. The molecule has 0 spiro atoms. The van der Waals surface area contributed by atoms with Gasteiger partial charge in [0.25, 0.3) is 0 Å². The molecule has 2 heterocycles. The second kappa shape index (κ2) is 7.88. The van der Waals surface area contributed by atoms with Crippen LogP contribution in [0.2, 0.25) is 0 Å². The molecule has 0 saturated carbocycles. The minimum absolute atomic E-state index is 0.0947. The summed E-state index contributed by atoms with van der Waals surface area (Å²) in [6, 6.07) is 13.9. The standard InChI is InChI=1S/C18H19N3O2S/c1-2-21(13-14-7-4-3-5-8-14)17(22)11-10-16-19-18(20-23-16)15-9-6-12-24-15/h3-9,12H,2,10-11,13H2,1H3. The number of amides is 1. The number of hydrogen-bond donors (Lipinski definition) is 0. The van der Waals surface area contributed by atoms with Crippen molar-refractivity contribution in [3.63, 3.8) is 0 Å². The molecule has 5 nitrogen and oxygen atoms in total. The number of rotatable bonds is 7. The van der Waals surface area contributed by atoms with E-state index in [0.29, 0.717) is 37.6 Å². The van der Waals surface area contributed by atoms with Crippen molar-refractivity contribution in [1.82, 2.24) is 15.0 Å². The lowest BCUT2D eigenvalue weighted by molar-refractivity contribution is -0.131. The molecular formula is C18H19N3O2S. The highest BCUT2D eigenvalue weighted by Gasteiger charge is 2.15. The Labute approximate surface area is 144 Å². The zero-order valence-electron chi connectivity index (χ0n) is 13.5. The first kappa shape index (κ1) is 16.4. The molecule has 24 heavy (non-hydrogen) atoms. The van der Waals surface area contributed by atoms with E-state index in [9.17, 15) is 4.79 Å². The first-order valence-electron chi connectivity index (χ1n) is 7.94. The molecular weight excluding hydrogens is 322 g/mol. The first-order valence-corrected chi connectivity index (χ1v) is 8.82. The lowest BCUT2D eigenvalue weighted by atomic mass is 10.2. The summed E-state index contributed by atoms with van der Waals surface area (Å²) in [4.78, 5) is 19.6. The minimum Gasteiger partial charge on any atom is -0.339 e. The largest absolute Gasteiger partial charge is 0.339 e. The Morgan fingerprint density at radius 3 is 2.75 bits per heavy atom. The van der Waals surface area contributed by atoms with Crippen molar-refractivity contribution < 1.29 is 9.32 Å². The van der Waals surface area contributed by atoms with Crippen LogP contribution in [-0.2, 0) is 17.8 Å². The zero-order chi connectivity index (χ0) is 16.8. The highest BCUT2D eigenvalue weighted by molar-refractivity contribution is 7.13. The van der Waals surface area contributed by atoms with Crippen LogP contribution in [0.15, 0.2) is 52.4 Å². The predicted octanol–water partition coefficient (Wildman–Crippen LogP) is 3.78. The van der Waals surface area contributed by atoms with E-state index in [2.05, 4.69) is 10.1 Å². The summed E-state index contributed by atoms with van der Waals surface area (Å²) in [5, 5.41) is 5.94. The molecule has 3 aromatic rings. The minimum atomic E-state index is 0.0947. The van der Waals surface area contributed by atoms with Crippen molar-refractivity contribution >= 4 is 17.2 Å². The quantitative estimate of drug-likeness (QED) is 0.656. The van der Waals surface area contributed by atoms with Crippen LogP contribution in [0, 0.1) is 0 Å². The van der Waals surface area contributed by atoms with E-state index < -0.39 is 0 Å². The molecule has 1 amide bonds. The Morgan fingerprint density at radius 1 is 1.21 bits per heavy atom. The Morgan fingerprint density at radius 2 is 2.04 bits per heavy atom. The number of nitrogens with zero attached hydrogens (tertiary/aromatic N) is 3. The van der Waals surface area contributed by atoms with Crippen LogP contribution >= 0.6 is 11.3 Å². The second-order valence-electron chi connectivity index (χ2n) is 5.38. The molecule has 3 rings (SSSR count). The number of benzene rings is 1. The van der Waals surface area contributed by atoms with E-state index >= 15 is 0 Å². The molecule has 0 aliphatic heterocycles. The van der Waals surface area contributed by atoms with E-state index in [0.717, 1.165) is 10.4 Å². The number of aryl methyl sites for hydroxylation is 1. The molecule has 124 valence electrons. The van der Waals surface area contributed by atoms with Crippen molar-refractivity contribution in [2.24, 2.45) is 0 Å². The fourth-order valence-corrected chi connectivity index (χ4v) is 3.06. The lowest BCUT2D eigenvalue weighted by Crippen LogP contribution is -2.30. The highest BCUT2D eigenvalue weighted by Crippen LogP contribution is 2.21. The van der Waals surface area contributed by atoms with Crippen LogP contribution in [0.4, 0.5) is 0 Å². The molecule has 0 fully saturated rings. The molecule has 0 atom stereocenters. The maximum Gasteiger partial charge on any atom is 0.227 e. The molecule has 0 bridgehead atoms. The molecule has 2 aromatic heterocycles. The van der Waals surface area contributed by atoms with Gasteiger partial charge in [-0.2, -0.15) is 4.98 Å². The summed E-state index contributed by atoms with van der Waals surface area (Å²) in [6.45, 7) is 3.29. The van der Waals surface area contributed by atoms with Gasteiger partial charge in [-0.05, 0) is 23.9 Å². The van der Waals surface area contributed by atoms with Crippen molar-refractivity contribution in [1.29, 1.82) is 0 Å². The third-order valence-electron chi connectivity index (χ3n) is 3.71. The maximum absolute atomic E-state index is 12.4. The molecule has 0 aliphatic carbocycles. The van der Waals surface area contributed by atoms with Crippen molar-refractivity contribution in [2.75, 3.05) is 6.54 Å². The van der Waals surface area contributed by atoms with Crippen LogP contribution < -0.4 is 0 Å². The normalized spacial score (nSPS) is 10.7. The van der Waals surface area contributed by atoms with Gasteiger partial charge >= 0.3 is 0 Å². The summed E-state index contributed by atoms with van der Waals surface area (Å²) in [5.41, 5.74) is 1.13. The van der Waals surface area contributed by atoms with Crippen LogP contribution in [0.3, 0.4) is 0 Å². The Balaban J connectivity index is 1.56. The molecule has 0 radical (unpaired) electrons. The SMILES string of the molecule is CCN(Cc1ccccc1)C(=O)CCc1nc(-c2cccs2)no1. The van der Waals surface area contributed by atoms with Gasteiger partial charge in [-0.3, -0.25) is 4.79 Å². The number of aromatic nitrogens is 2. The second-order valence-corrected chi connectivity index (χ2v) is 6.33. The molecule has 6 heteroatoms. The van der Waals surface area contributed by atoms with Gasteiger partial charge < -0.3 is 9.42 Å². The Hall–Kier alpha value is -2.47. The van der Waals surface area contributed by atoms with Gasteiger partial charge in [0.15, 0.2) is 0 Å². The molecule has 0 N–H and O–H groups in total. The van der Waals surface area contributed by atoms with Crippen LogP contribution in [0.1, 0.15) is 24.8 Å². The van der Waals surface area contributed by atoms with E-state index in [1.165, 1.54) is 0 Å². The summed E-state index contributed by atoms with van der Waals surface area (Å²) < 4.78 is 5.25. The third kappa shape index (κ3) is 4.08. The number of carbonyl (C=O) groups excluding carboxylic acids is 1. The number of carbonyl (C=O) groups is 1. The van der Waals surface area contributed by atoms with Crippen molar-refractivity contribution in [2.45, 2.75) is 26.3 Å². The smallest absolute Gasteiger partial charge is 0.227 e. The molecule has 0 aliphatic rings. The summed E-state index contributed by atoms with van der Waals surface area (Å²) in [5.74, 6) is 1.18. The van der Waals surface area contributed by atoms with E-state index in [1.807, 2.05) is 59.7 Å². The van der Waals surface area contributed by atoms with Gasteiger partial charge in [0, 0.05) is 25.9 Å². The average Bonchev–Trinajstić information content (AvgIpc) is 3.29. The van der Waals surface area contributed by atoms with Gasteiger partial charge in [-0.15, -0.1) is 11.3 Å². The summed E-state index contributed by atoms with van der Waals surface area (Å²) in [7, 11) is 0.